The van der Waals surface area contributed by atoms with Crippen molar-refractivity contribution in [2.45, 2.75) is 48.8 Å². The number of hydrogen-bond acceptors (Lipinski definition) is 6. The fourth-order valence-electron chi connectivity index (χ4n) is 4.97. The predicted molar refractivity (Wildman–Crippen MR) is 161 cm³/mol. The number of sulfonamides is 1. The summed E-state index contributed by atoms with van der Waals surface area (Å²) in [7, 11) is 0.826. The zero-order valence-electron chi connectivity index (χ0n) is 24.6. The average Bonchev–Trinajstić information content (AvgIpc) is 3.01. The Bertz CT molecular complexity index is 1560. The molecule has 13 heteroatoms. The third kappa shape index (κ3) is 7.88. The summed E-state index contributed by atoms with van der Waals surface area (Å²) in [5.41, 5.74) is 1.03. The number of nitrogens with zero attached hydrogens (tertiary/aromatic N) is 2. The lowest BCUT2D eigenvalue weighted by Crippen LogP contribution is -2.56. The maximum atomic E-state index is 13.7. The molecule has 0 saturated carbocycles. The van der Waals surface area contributed by atoms with E-state index in [1.807, 2.05) is 31.1 Å². The van der Waals surface area contributed by atoms with Crippen molar-refractivity contribution in [3.8, 4) is 5.75 Å². The van der Waals surface area contributed by atoms with Crippen LogP contribution in [0.5, 0.6) is 5.75 Å². The summed E-state index contributed by atoms with van der Waals surface area (Å²) in [5.74, 6) is -0.621. The molecule has 0 unspecified atom stereocenters. The van der Waals surface area contributed by atoms with Gasteiger partial charge in [-0.25, -0.2) is 8.42 Å². The summed E-state index contributed by atoms with van der Waals surface area (Å²) in [6.45, 7) is -0.0514. The van der Waals surface area contributed by atoms with E-state index in [4.69, 9.17) is 4.74 Å². The van der Waals surface area contributed by atoms with Crippen LogP contribution in [0.3, 0.4) is 0 Å². The molecule has 1 saturated heterocycles. The van der Waals surface area contributed by atoms with E-state index < -0.39 is 50.6 Å². The number of carbonyl (C=O) groups excluding carboxylic acids is 2. The zero-order chi connectivity index (χ0) is 32.1. The Kier molecular flexibility index (Phi) is 10.2. The highest BCUT2D eigenvalue weighted by atomic mass is 32.2. The first kappa shape index (κ1) is 32.8. The third-order valence-electron chi connectivity index (χ3n) is 7.41. The van der Waals surface area contributed by atoms with Crippen molar-refractivity contribution in [1.29, 1.82) is 0 Å². The first-order valence-electron chi connectivity index (χ1n) is 14.0. The van der Waals surface area contributed by atoms with Gasteiger partial charge in [-0.2, -0.15) is 17.5 Å². The van der Waals surface area contributed by atoms with E-state index in [1.54, 1.807) is 36.4 Å². The molecule has 1 heterocycles. The van der Waals surface area contributed by atoms with E-state index in [0.717, 1.165) is 28.2 Å². The highest BCUT2D eigenvalue weighted by Gasteiger charge is 2.40. The molecule has 0 spiro atoms. The number of benzene rings is 3. The molecule has 1 fully saturated rings. The number of alkyl halides is 3. The molecule has 0 bridgehead atoms. The number of halogens is 3. The van der Waals surface area contributed by atoms with Gasteiger partial charge in [0.15, 0.2) is 0 Å². The number of methoxy groups -OCH3 is 1. The highest BCUT2D eigenvalue weighted by molar-refractivity contribution is 7.89. The number of ether oxygens (including phenoxy) is 1. The van der Waals surface area contributed by atoms with Crippen LogP contribution in [0.1, 0.15) is 30.4 Å². The minimum Gasteiger partial charge on any atom is -0.497 e. The van der Waals surface area contributed by atoms with Crippen molar-refractivity contribution in [2.75, 3.05) is 38.0 Å². The van der Waals surface area contributed by atoms with E-state index in [1.165, 1.54) is 7.11 Å². The van der Waals surface area contributed by atoms with Gasteiger partial charge in [-0.05, 0) is 73.0 Å². The number of amides is 2. The standard InChI is InChI=1S/C31H35F3N4O5S/c1-37(2)24-14-12-23(13-15-24)35-29(39)27(19-21-10-16-25(43-3)17-11-21)36-30(40)28-9-4-5-18-38(28)44(41,42)26-8-6-7-22(20-26)31(32,33)34/h6-8,10-17,20,27-28H,4-5,9,18-19H2,1-3H3,(H,35,39)(H,36,40)/t27-,28-/m0/s1. The van der Waals surface area contributed by atoms with Gasteiger partial charge in [0.05, 0.1) is 17.6 Å². The number of rotatable bonds is 10. The topological polar surface area (TPSA) is 108 Å². The van der Waals surface area contributed by atoms with Gasteiger partial charge in [-0.1, -0.05) is 24.6 Å². The summed E-state index contributed by atoms with van der Waals surface area (Å²) in [4.78, 5) is 28.5. The Hall–Kier alpha value is -4.10. The van der Waals surface area contributed by atoms with Crippen molar-refractivity contribution >= 4 is 33.2 Å². The monoisotopic (exact) mass is 632 g/mol. The molecule has 2 amide bonds. The Labute approximate surface area is 255 Å². The van der Waals surface area contributed by atoms with E-state index >= 15 is 0 Å². The Morgan fingerprint density at radius 2 is 1.70 bits per heavy atom. The molecule has 236 valence electrons. The van der Waals surface area contributed by atoms with Gasteiger partial charge in [0.25, 0.3) is 0 Å². The second-order valence-electron chi connectivity index (χ2n) is 10.7. The van der Waals surface area contributed by atoms with Crippen molar-refractivity contribution in [3.05, 3.63) is 83.9 Å². The van der Waals surface area contributed by atoms with Crippen LogP contribution in [-0.2, 0) is 32.2 Å². The van der Waals surface area contributed by atoms with Crippen LogP contribution in [0.4, 0.5) is 24.5 Å². The molecule has 3 aromatic rings. The van der Waals surface area contributed by atoms with Gasteiger partial charge in [-0.15, -0.1) is 0 Å². The van der Waals surface area contributed by atoms with Crippen LogP contribution in [-0.4, -0.2) is 64.4 Å². The Morgan fingerprint density at radius 1 is 1.02 bits per heavy atom. The maximum Gasteiger partial charge on any atom is 0.416 e. The van der Waals surface area contributed by atoms with E-state index in [0.29, 0.717) is 35.9 Å². The lowest BCUT2D eigenvalue weighted by Gasteiger charge is -2.34. The maximum absolute atomic E-state index is 13.7. The van der Waals surface area contributed by atoms with Crippen LogP contribution in [0.15, 0.2) is 77.7 Å². The largest absolute Gasteiger partial charge is 0.497 e. The molecule has 9 nitrogen and oxygen atoms in total. The van der Waals surface area contributed by atoms with Crippen molar-refractivity contribution in [1.82, 2.24) is 9.62 Å². The molecule has 4 rings (SSSR count). The lowest BCUT2D eigenvalue weighted by molar-refractivity contribution is -0.137. The summed E-state index contributed by atoms with van der Waals surface area (Å²) in [5, 5.41) is 5.54. The fraction of sp³-hybridized carbons (Fsp3) is 0.355. The quantitative estimate of drug-likeness (QED) is 0.336. The number of anilines is 2. The summed E-state index contributed by atoms with van der Waals surface area (Å²) >= 11 is 0. The van der Waals surface area contributed by atoms with E-state index in [9.17, 15) is 31.2 Å². The van der Waals surface area contributed by atoms with E-state index in [2.05, 4.69) is 10.6 Å². The first-order chi connectivity index (χ1) is 20.8. The molecule has 44 heavy (non-hydrogen) atoms. The van der Waals surface area contributed by atoms with Crippen LogP contribution in [0, 0.1) is 0 Å². The van der Waals surface area contributed by atoms with Crippen LogP contribution in [0.2, 0.25) is 0 Å². The van der Waals surface area contributed by atoms with Gasteiger partial charge in [0.2, 0.25) is 21.8 Å². The molecular formula is C31H35F3N4O5S. The average molecular weight is 633 g/mol. The van der Waals surface area contributed by atoms with Crippen LogP contribution >= 0.6 is 0 Å². The third-order valence-corrected chi connectivity index (χ3v) is 9.31. The molecule has 2 atom stereocenters. The molecule has 2 N–H and O–H groups in total. The highest BCUT2D eigenvalue weighted by Crippen LogP contribution is 2.32. The molecular weight excluding hydrogens is 597 g/mol. The number of carbonyl (C=O) groups is 2. The molecule has 3 aromatic carbocycles. The second kappa shape index (κ2) is 13.7. The Morgan fingerprint density at radius 3 is 2.32 bits per heavy atom. The second-order valence-corrected chi connectivity index (χ2v) is 12.6. The minimum absolute atomic E-state index is 0.0514. The first-order valence-corrected chi connectivity index (χ1v) is 15.4. The molecule has 1 aliphatic rings. The number of piperidine rings is 1. The van der Waals surface area contributed by atoms with Gasteiger partial charge in [0, 0.05) is 38.4 Å². The van der Waals surface area contributed by atoms with Gasteiger partial charge < -0.3 is 20.3 Å². The molecule has 0 radical (unpaired) electrons. The van der Waals surface area contributed by atoms with E-state index in [-0.39, 0.29) is 19.4 Å². The van der Waals surface area contributed by atoms with Crippen molar-refractivity contribution in [3.63, 3.8) is 0 Å². The molecule has 0 aliphatic carbocycles. The normalized spacial score (nSPS) is 16.5. The Balaban J connectivity index is 1.59. The van der Waals surface area contributed by atoms with Gasteiger partial charge >= 0.3 is 6.18 Å². The lowest BCUT2D eigenvalue weighted by atomic mass is 10.0. The smallest absolute Gasteiger partial charge is 0.416 e. The fourth-order valence-corrected chi connectivity index (χ4v) is 6.67. The van der Waals surface area contributed by atoms with Crippen molar-refractivity contribution in [2.24, 2.45) is 0 Å². The molecule has 1 aliphatic heterocycles. The van der Waals surface area contributed by atoms with Crippen LogP contribution in [0.25, 0.3) is 0 Å². The zero-order valence-corrected chi connectivity index (χ0v) is 25.4. The number of hydrogen-bond donors (Lipinski definition) is 2. The summed E-state index contributed by atoms with van der Waals surface area (Å²) in [6, 6.07) is 15.2. The number of nitrogens with one attached hydrogen (secondary N) is 2. The minimum atomic E-state index is -4.74. The van der Waals surface area contributed by atoms with Gasteiger partial charge in [0.1, 0.15) is 17.8 Å². The predicted octanol–water partition coefficient (Wildman–Crippen LogP) is 4.69. The summed E-state index contributed by atoms with van der Waals surface area (Å²) in [6.07, 6.45) is -3.54. The van der Waals surface area contributed by atoms with Gasteiger partial charge in [-0.3, -0.25) is 9.59 Å². The van der Waals surface area contributed by atoms with Crippen molar-refractivity contribution < 1.29 is 35.9 Å². The summed E-state index contributed by atoms with van der Waals surface area (Å²) < 4.78 is 73.2. The van der Waals surface area contributed by atoms with Crippen LogP contribution < -0.4 is 20.3 Å². The molecule has 0 aromatic heterocycles. The SMILES string of the molecule is COc1ccc(C[C@H](NC(=O)[C@@H]2CCCCN2S(=O)(=O)c2cccc(C(F)(F)F)c2)C(=O)Nc2ccc(N(C)C)cc2)cc1.